The largest absolute Gasteiger partial charge is 0.391 e. The van der Waals surface area contributed by atoms with Crippen LogP contribution in [0.5, 0.6) is 0 Å². The minimum atomic E-state index is -0.364. The molecule has 0 radical (unpaired) electrons. The lowest BCUT2D eigenvalue weighted by Gasteiger charge is -2.05. The van der Waals surface area contributed by atoms with Gasteiger partial charge in [0.15, 0.2) is 5.82 Å². The van der Waals surface area contributed by atoms with E-state index >= 15 is 0 Å². The van der Waals surface area contributed by atoms with Crippen molar-refractivity contribution < 1.29 is 5.11 Å². The molecular weight excluding hydrogens is 166 g/mol. The molecule has 1 rings (SSSR count). The Labute approximate surface area is 78.6 Å². The SMILES string of the molecule is CCc1nc(CC)n(CC(C)O)n1. The maximum Gasteiger partial charge on any atom is 0.150 e. The van der Waals surface area contributed by atoms with Gasteiger partial charge < -0.3 is 5.11 Å². The molecule has 0 aliphatic carbocycles. The molecule has 1 unspecified atom stereocenters. The summed E-state index contributed by atoms with van der Waals surface area (Å²) in [6.07, 6.45) is 1.34. The first-order chi connectivity index (χ1) is 6.17. The van der Waals surface area contributed by atoms with Crippen molar-refractivity contribution in [3.63, 3.8) is 0 Å². The molecule has 0 aromatic carbocycles. The van der Waals surface area contributed by atoms with Crippen LogP contribution in [-0.2, 0) is 19.4 Å². The Bertz CT molecular complexity index is 268. The molecule has 1 heterocycles. The van der Waals surface area contributed by atoms with Gasteiger partial charge in [-0.05, 0) is 6.92 Å². The van der Waals surface area contributed by atoms with Crippen LogP contribution in [0.25, 0.3) is 0 Å². The maximum absolute atomic E-state index is 9.22. The van der Waals surface area contributed by atoms with Crippen molar-refractivity contribution in [2.75, 3.05) is 0 Å². The summed E-state index contributed by atoms with van der Waals surface area (Å²) in [5, 5.41) is 13.5. The second-order valence-corrected chi connectivity index (χ2v) is 3.18. The zero-order valence-corrected chi connectivity index (χ0v) is 8.49. The third-order valence-electron chi connectivity index (χ3n) is 1.86. The Morgan fingerprint density at radius 2 is 2.08 bits per heavy atom. The fraction of sp³-hybridized carbons (Fsp3) is 0.778. The first-order valence-electron chi connectivity index (χ1n) is 4.78. The van der Waals surface area contributed by atoms with E-state index in [0.717, 1.165) is 24.5 Å². The lowest BCUT2D eigenvalue weighted by Crippen LogP contribution is -2.15. The molecule has 0 spiro atoms. The lowest BCUT2D eigenvalue weighted by atomic mass is 10.4. The molecule has 74 valence electrons. The monoisotopic (exact) mass is 183 g/mol. The van der Waals surface area contributed by atoms with Crippen LogP contribution in [0.3, 0.4) is 0 Å². The summed E-state index contributed by atoms with van der Waals surface area (Å²) in [5.74, 6) is 1.82. The van der Waals surface area contributed by atoms with Crippen molar-refractivity contribution in [1.29, 1.82) is 0 Å². The van der Waals surface area contributed by atoms with E-state index in [2.05, 4.69) is 10.1 Å². The molecule has 0 saturated heterocycles. The van der Waals surface area contributed by atoms with Crippen LogP contribution >= 0.6 is 0 Å². The second-order valence-electron chi connectivity index (χ2n) is 3.18. The summed E-state index contributed by atoms with van der Waals surface area (Å²) in [6.45, 7) is 6.37. The normalized spacial score (nSPS) is 13.2. The highest BCUT2D eigenvalue weighted by atomic mass is 16.3. The quantitative estimate of drug-likeness (QED) is 0.750. The van der Waals surface area contributed by atoms with Gasteiger partial charge in [0.25, 0.3) is 0 Å². The summed E-state index contributed by atoms with van der Waals surface area (Å²) < 4.78 is 1.80. The summed E-state index contributed by atoms with van der Waals surface area (Å²) in [7, 11) is 0. The molecule has 0 aliphatic rings. The van der Waals surface area contributed by atoms with Gasteiger partial charge in [-0.1, -0.05) is 13.8 Å². The summed E-state index contributed by atoms with van der Waals surface area (Å²) in [4.78, 5) is 4.34. The number of aliphatic hydroxyl groups is 1. The standard InChI is InChI=1S/C9H17N3O/c1-4-8-10-9(5-2)12(11-8)6-7(3)13/h7,13H,4-6H2,1-3H3. The van der Waals surface area contributed by atoms with E-state index in [1.54, 1.807) is 11.6 Å². The Hall–Kier alpha value is -0.900. The number of aryl methyl sites for hydroxylation is 2. The van der Waals surface area contributed by atoms with E-state index in [1.165, 1.54) is 0 Å². The van der Waals surface area contributed by atoms with Crippen LogP contribution in [0.2, 0.25) is 0 Å². The van der Waals surface area contributed by atoms with E-state index < -0.39 is 0 Å². The van der Waals surface area contributed by atoms with Gasteiger partial charge in [-0.2, -0.15) is 5.10 Å². The van der Waals surface area contributed by atoms with Gasteiger partial charge in [-0.3, -0.25) is 0 Å². The number of hydrogen-bond acceptors (Lipinski definition) is 3. The highest BCUT2D eigenvalue weighted by Crippen LogP contribution is 2.01. The number of hydrogen-bond donors (Lipinski definition) is 1. The molecule has 0 amide bonds. The first kappa shape index (κ1) is 10.2. The van der Waals surface area contributed by atoms with E-state index in [1.807, 2.05) is 13.8 Å². The van der Waals surface area contributed by atoms with E-state index in [9.17, 15) is 5.11 Å². The second kappa shape index (κ2) is 4.37. The Balaban J connectivity index is 2.84. The highest BCUT2D eigenvalue weighted by molar-refractivity contribution is 4.92. The average molecular weight is 183 g/mol. The van der Waals surface area contributed by atoms with Crippen LogP contribution in [0.15, 0.2) is 0 Å². The summed E-state index contributed by atoms with van der Waals surface area (Å²) in [5.41, 5.74) is 0. The molecule has 0 fully saturated rings. The van der Waals surface area contributed by atoms with Gasteiger partial charge >= 0.3 is 0 Å². The summed E-state index contributed by atoms with van der Waals surface area (Å²) >= 11 is 0. The first-order valence-corrected chi connectivity index (χ1v) is 4.78. The molecule has 0 aliphatic heterocycles. The van der Waals surface area contributed by atoms with Crippen LogP contribution < -0.4 is 0 Å². The summed E-state index contributed by atoms with van der Waals surface area (Å²) in [6, 6.07) is 0. The van der Waals surface area contributed by atoms with Gasteiger partial charge in [-0.15, -0.1) is 0 Å². The molecule has 1 N–H and O–H groups in total. The third-order valence-corrected chi connectivity index (χ3v) is 1.86. The van der Waals surface area contributed by atoms with Crippen molar-refractivity contribution in [2.45, 2.75) is 46.3 Å². The van der Waals surface area contributed by atoms with Crippen molar-refractivity contribution >= 4 is 0 Å². The number of aliphatic hydroxyl groups excluding tert-OH is 1. The van der Waals surface area contributed by atoms with Crippen LogP contribution in [0, 0.1) is 0 Å². The van der Waals surface area contributed by atoms with Gasteiger partial charge in [0.2, 0.25) is 0 Å². The van der Waals surface area contributed by atoms with Gasteiger partial charge in [0.05, 0.1) is 12.6 Å². The van der Waals surface area contributed by atoms with Crippen LogP contribution in [0.4, 0.5) is 0 Å². The van der Waals surface area contributed by atoms with Gasteiger partial charge in [0.1, 0.15) is 5.82 Å². The van der Waals surface area contributed by atoms with Crippen LogP contribution in [-0.4, -0.2) is 26.0 Å². The van der Waals surface area contributed by atoms with Crippen LogP contribution in [0.1, 0.15) is 32.4 Å². The minimum absolute atomic E-state index is 0.364. The van der Waals surface area contributed by atoms with Crippen molar-refractivity contribution in [2.24, 2.45) is 0 Å². The topological polar surface area (TPSA) is 50.9 Å². The molecule has 1 atom stereocenters. The fourth-order valence-corrected chi connectivity index (χ4v) is 1.23. The predicted molar refractivity (Wildman–Crippen MR) is 50.5 cm³/mol. The van der Waals surface area contributed by atoms with Crippen molar-refractivity contribution in [1.82, 2.24) is 14.8 Å². The van der Waals surface area contributed by atoms with Gasteiger partial charge in [-0.25, -0.2) is 9.67 Å². The van der Waals surface area contributed by atoms with E-state index in [-0.39, 0.29) is 6.10 Å². The van der Waals surface area contributed by atoms with Crippen molar-refractivity contribution in [3.05, 3.63) is 11.6 Å². The number of rotatable bonds is 4. The van der Waals surface area contributed by atoms with E-state index in [0.29, 0.717) is 6.54 Å². The Morgan fingerprint density at radius 3 is 2.54 bits per heavy atom. The molecule has 0 bridgehead atoms. The fourth-order valence-electron chi connectivity index (χ4n) is 1.23. The Morgan fingerprint density at radius 1 is 1.38 bits per heavy atom. The maximum atomic E-state index is 9.22. The lowest BCUT2D eigenvalue weighted by molar-refractivity contribution is 0.166. The molecule has 4 nitrogen and oxygen atoms in total. The average Bonchev–Trinajstić information content (AvgIpc) is 2.46. The zero-order valence-electron chi connectivity index (χ0n) is 8.49. The molecule has 0 saturated carbocycles. The van der Waals surface area contributed by atoms with Crippen molar-refractivity contribution in [3.8, 4) is 0 Å². The minimum Gasteiger partial charge on any atom is -0.391 e. The Kier molecular flexibility index (Phi) is 3.42. The third kappa shape index (κ3) is 2.52. The van der Waals surface area contributed by atoms with Gasteiger partial charge in [0, 0.05) is 12.8 Å². The predicted octanol–water partition coefficient (Wildman–Crippen LogP) is 0.784. The molecular formula is C9H17N3O. The zero-order chi connectivity index (χ0) is 9.84. The smallest absolute Gasteiger partial charge is 0.150 e. The highest BCUT2D eigenvalue weighted by Gasteiger charge is 2.08. The molecule has 4 heteroatoms. The molecule has 13 heavy (non-hydrogen) atoms. The molecule has 1 aromatic rings. The number of aromatic nitrogens is 3. The molecule has 1 aromatic heterocycles. The number of nitrogens with zero attached hydrogens (tertiary/aromatic N) is 3. The van der Waals surface area contributed by atoms with E-state index in [4.69, 9.17) is 0 Å².